The minimum Gasteiger partial charge on any atom is -0.497 e. The molecule has 6 heteroatoms. The van der Waals surface area contributed by atoms with E-state index in [0.717, 1.165) is 0 Å². The molecule has 0 aliphatic carbocycles. The minimum atomic E-state index is -0.423. The number of hydrazine groups is 1. The van der Waals surface area contributed by atoms with Crippen LogP contribution >= 0.6 is 0 Å². The fourth-order valence-electron chi connectivity index (χ4n) is 1.89. The maximum Gasteiger partial charge on any atom is 0.269 e. The lowest BCUT2D eigenvalue weighted by atomic mass is 10.2. The van der Waals surface area contributed by atoms with E-state index >= 15 is 0 Å². The number of carbonyl (C=O) groups excluding carboxylic acids is 2. The Balaban J connectivity index is 1.95. The maximum atomic E-state index is 12.0. The molecule has 0 aliphatic rings. The Kier molecular flexibility index (Phi) is 5.57. The number of amides is 2. The number of carbonyl (C=O) groups is 2. The minimum absolute atomic E-state index is 0.394. The normalized spacial score (nSPS) is 9.83. The Bertz CT molecular complexity index is 683. The van der Waals surface area contributed by atoms with E-state index in [-0.39, 0.29) is 0 Å². The summed E-state index contributed by atoms with van der Waals surface area (Å²) in [6.45, 7) is 2.38. The van der Waals surface area contributed by atoms with Crippen molar-refractivity contribution >= 4 is 11.8 Å². The highest BCUT2D eigenvalue weighted by Gasteiger charge is 2.10. The molecule has 0 saturated heterocycles. The van der Waals surface area contributed by atoms with Crippen LogP contribution in [-0.2, 0) is 0 Å². The SMILES string of the molecule is CCOc1cccc(C(=O)NNC(=O)c2ccc(OC)cc2)c1. The van der Waals surface area contributed by atoms with Gasteiger partial charge in [0.05, 0.1) is 13.7 Å². The number of benzene rings is 2. The topological polar surface area (TPSA) is 76.7 Å². The van der Waals surface area contributed by atoms with Crippen LogP contribution in [0.3, 0.4) is 0 Å². The molecular formula is C17H18N2O4. The Morgan fingerprint density at radius 2 is 1.57 bits per heavy atom. The molecule has 23 heavy (non-hydrogen) atoms. The molecule has 0 bridgehead atoms. The van der Waals surface area contributed by atoms with Crippen molar-refractivity contribution in [3.63, 3.8) is 0 Å². The highest BCUT2D eigenvalue weighted by Crippen LogP contribution is 2.13. The van der Waals surface area contributed by atoms with Gasteiger partial charge in [-0.1, -0.05) is 6.07 Å². The highest BCUT2D eigenvalue weighted by atomic mass is 16.5. The summed E-state index contributed by atoms with van der Waals surface area (Å²) in [5.41, 5.74) is 5.54. The fourth-order valence-corrected chi connectivity index (χ4v) is 1.89. The smallest absolute Gasteiger partial charge is 0.269 e. The van der Waals surface area contributed by atoms with Gasteiger partial charge in [-0.25, -0.2) is 0 Å². The summed E-state index contributed by atoms with van der Waals surface area (Å²) in [5.74, 6) is 0.412. The molecule has 2 amide bonds. The summed E-state index contributed by atoms with van der Waals surface area (Å²) < 4.78 is 10.4. The van der Waals surface area contributed by atoms with Crippen molar-refractivity contribution in [1.82, 2.24) is 10.9 Å². The molecule has 0 heterocycles. The van der Waals surface area contributed by atoms with Crippen molar-refractivity contribution in [1.29, 1.82) is 0 Å². The lowest BCUT2D eigenvalue weighted by Gasteiger charge is -2.09. The lowest BCUT2D eigenvalue weighted by Crippen LogP contribution is -2.41. The summed E-state index contributed by atoms with van der Waals surface area (Å²) in [6, 6.07) is 13.3. The molecule has 6 nitrogen and oxygen atoms in total. The zero-order valence-corrected chi connectivity index (χ0v) is 13.0. The Labute approximate surface area is 134 Å². The third kappa shape index (κ3) is 4.47. The summed E-state index contributed by atoms with van der Waals surface area (Å²) >= 11 is 0. The number of hydrogen-bond acceptors (Lipinski definition) is 4. The van der Waals surface area contributed by atoms with Gasteiger partial charge in [-0.2, -0.15) is 0 Å². The van der Waals surface area contributed by atoms with Crippen LogP contribution in [-0.4, -0.2) is 25.5 Å². The second-order valence-electron chi connectivity index (χ2n) is 4.60. The molecule has 2 aromatic carbocycles. The van der Waals surface area contributed by atoms with Crippen LogP contribution in [0.1, 0.15) is 27.6 Å². The van der Waals surface area contributed by atoms with Gasteiger partial charge in [-0.15, -0.1) is 0 Å². The standard InChI is InChI=1S/C17H18N2O4/c1-3-23-15-6-4-5-13(11-15)17(21)19-18-16(20)12-7-9-14(22-2)10-8-12/h4-11H,3H2,1-2H3,(H,18,20)(H,19,21). The van der Waals surface area contributed by atoms with Crippen LogP contribution < -0.4 is 20.3 Å². The molecule has 0 aliphatic heterocycles. The van der Waals surface area contributed by atoms with Crippen LogP contribution in [0.25, 0.3) is 0 Å². The van der Waals surface area contributed by atoms with Crippen LogP contribution in [0.5, 0.6) is 11.5 Å². The summed E-state index contributed by atoms with van der Waals surface area (Å²) in [5, 5.41) is 0. The highest BCUT2D eigenvalue weighted by molar-refractivity contribution is 5.99. The second kappa shape index (κ2) is 7.84. The van der Waals surface area contributed by atoms with Gasteiger partial charge in [0.2, 0.25) is 0 Å². The van der Waals surface area contributed by atoms with Gasteiger partial charge in [-0.05, 0) is 49.4 Å². The third-order valence-electron chi connectivity index (χ3n) is 3.05. The summed E-state index contributed by atoms with van der Waals surface area (Å²) in [6.07, 6.45) is 0. The van der Waals surface area contributed by atoms with Crippen molar-refractivity contribution in [3.05, 3.63) is 59.7 Å². The average molecular weight is 314 g/mol. The monoisotopic (exact) mass is 314 g/mol. The molecule has 120 valence electrons. The van der Waals surface area contributed by atoms with Crippen LogP contribution in [0.4, 0.5) is 0 Å². The lowest BCUT2D eigenvalue weighted by molar-refractivity contribution is 0.0846. The van der Waals surface area contributed by atoms with Gasteiger partial charge >= 0.3 is 0 Å². The Morgan fingerprint density at radius 1 is 0.913 bits per heavy atom. The molecule has 0 atom stereocenters. The summed E-state index contributed by atoms with van der Waals surface area (Å²) in [7, 11) is 1.55. The molecule has 0 spiro atoms. The zero-order chi connectivity index (χ0) is 16.7. The van der Waals surface area contributed by atoms with E-state index in [1.54, 1.807) is 55.6 Å². The zero-order valence-electron chi connectivity index (χ0n) is 13.0. The molecule has 0 radical (unpaired) electrons. The molecule has 0 fully saturated rings. The van der Waals surface area contributed by atoms with Gasteiger partial charge < -0.3 is 9.47 Å². The first-order chi connectivity index (χ1) is 11.1. The van der Waals surface area contributed by atoms with Crippen LogP contribution in [0, 0.1) is 0 Å². The second-order valence-corrected chi connectivity index (χ2v) is 4.60. The first-order valence-corrected chi connectivity index (χ1v) is 7.11. The first-order valence-electron chi connectivity index (χ1n) is 7.11. The molecular weight excluding hydrogens is 296 g/mol. The molecule has 2 rings (SSSR count). The van der Waals surface area contributed by atoms with Gasteiger partial charge in [0.15, 0.2) is 0 Å². The van der Waals surface area contributed by atoms with Crippen molar-refractivity contribution in [2.45, 2.75) is 6.92 Å². The summed E-state index contributed by atoms with van der Waals surface area (Å²) in [4.78, 5) is 24.0. The van der Waals surface area contributed by atoms with E-state index in [2.05, 4.69) is 10.9 Å². The predicted octanol–water partition coefficient (Wildman–Crippen LogP) is 2.17. The van der Waals surface area contributed by atoms with Crippen molar-refractivity contribution < 1.29 is 19.1 Å². The fraction of sp³-hybridized carbons (Fsp3) is 0.176. The Morgan fingerprint density at radius 3 is 2.17 bits per heavy atom. The van der Waals surface area contributed by atoms with E-state index < -0.39 is 11.8 Å². The average Bonchev–Trinajstić information content (AvgIpc) is 2.60. The van der Waals surface area contributed by atoms with Crippen molar-refractivity contribution in [2.75, 3.05) is 13.7 Å². The Hall–Kier alpha value is -3.02. The molecule has 2 N–H and O–H groups in total. The molecule has 0 aromatic heterocycles. The van der Waals surface area contributed by atoms with E-state index in [0.29, 0.717) is 29.2 Å². The van der Waals surface area contributed by atoms with Gasteiger partial charge in [-0.3, -0.25) is 20.4 Å². The first kappa shape index (κ1) is 16.4. The quantitative estimate of drug-likeness (QED) is 0.829. The van der Waals surface area contributed by atoms with Gasteiger partial charge in [0, 0.05) is 11.1 Å². The van der Waals surface area contributed by atoms with E-state index in [4.69, 9.17) is 9.47 Å². The molecule has 2 aromatic rings. The van der Waals surface area contributed by atoms with E-state index in [9.17, 15) is 9.59 Å². The number of methoxy groups -OCH3 is 1. The largest absolute Gasteiger partial charge is 0.497 e. The number of rotatable bonds is 5. The van der Waals surface area contributed by atoms with E-state index in [1.807, 2.05) is 6.92 Å². The number of ether oxygens (including phenoxy) is 2. The predicted molar refractivity (Wildman–Crippen MR) is 85.5 cm³/mol. The van der Waals surface area contributed by atoms with Crippen molar-refractivity contribution in [3.8, 4) is 11.5 Å². The third-order valence-corrected chi connectivity index (χ3v) is 3.05. The van der Waals surface area contributed by atoms with Crippen LogP contribution in [0.15, 0.2) is 48.5 Å². The van der Waals surface area contributed by atoms with Gasteiger partial charge in [0.1, 0.15) is 11.5 Å². The number of nitrogens with one attached hydrogen (secondary N) is 2. The van der Waals surface area contributed by atoms with Crippen LogP contribution in [0.2, 0.25) is 0 Å². The van der Waals surface area contributed by atoms with Gasteiger partial charge in [0.25, 0.3) is 11.8 Å². The van der Waals surface area contributed by atoms with Crippen molar-refractivity contribution in [2.24, 2.45) is 0 Å². The number of hydrogen-bond donors (Lipinski definition) is 2. The van der Waals surface area contributed by atoms with E-state index in [1.165, 1.54) is 0 Å². The molecule has 0 saturated carbocycles. The maximum absolute atomic E-state index is 12.0. The molecule has 0 unspecified atom stereocenters.